The van der Waals surface area contributed by atoms with Gasteiger partial charge in [0.1, 0.15) is 5.75 Å². The van der Waals surface area contributed by atoms with Gasteiger partial charge in [-0.05, 0) is 62.1 Å². The molecule has 0 saturated heterocycles. The molecule has 2 aromatic carbocycles. The highest BCUT2D eigenvalue weighted by molar-refractivity contribution is 5.51. The van der Waals surface area contributed by atoms with Crippen LogP contribution in [0.15, 0.2) is 36.4 Å². The number of aryl methyl sites for hydroxylation is 2. The van der Waals surface area contributed by atoms with Gasteiger partial charge in [0.25, 0.3) is 0 Å². The number of nitrogen functional groups attached to an aromatic ring is 1. The molecule has 4 heteroatoms. The fourth-order valence-corrected chi connectivity index (χ4v) is 2.18. The SMILES string of the molecule is COc1cc(N)ccc1OCCCCOc1ccc(C)c(C)c1. The zero-order chi connectivity index (χ0) is 16.7. The van der Waals surface area contributed by atoms with Crippen LogP contribution in [0, 0.1) is 13.8 Å². The van der Waals surface area contributed by atoms with Gasteiger partial charge in [-0.3, -0.25) is 0 Å². The molecule has 124 valence electrons. The number of methoxy groups -OCH3 is 1. The Hall–Kier alpha value is -2.36. The maximum Gasteiger partial charge on any atom is 0.162 e. The molecule has 0 radical (unpaired) electrons. The molecule has 0 aromatic heterocycles. The van der Waals surface area contributed by atoms with Crippen molar-refractivity contribution in [2.45, 2.75) is 26.7 Å². The van der Waals surface area contributed by atoms with Crippen molar-refractivity contribution in [1.29, 1.82) is 0 Å². The summed E-state index contributed by atoms with van der Waals surface area (Å²) in [6.45, 7) is 5.50. The van der Waals surface area contributed by atoms with E-state index in [1.54, 1.807) is 19.2 Å². The van der Waals surface area contributed by atoms with E-state index in [9.17, 15) is 0 Å². The molecule has 23 heavy (non-hydrogen) atoms. The first-order chi connectivity index (χ1) is 11.1. The summed E-state index contributed by atoms with van der Waals surface area (Å²) >= 11 is 0. The van der Waals surface area contributed by atoms with E-state index in [1.807, 2.05) is 12.1 Å². The molecule has 0 aliphatic carbocycles. The van der Waals surface area contributed by atoms with Crippen molar-refractivity contribution in [2.75, 3.05) is 26.1 Å². The lowest BCUT2D eigenvalue weighted by atomic mass is 10.1. The molecule has 0 heterocycles. The summed E-state index contributed by atoms with van der Waals surface area (Å²) in [4.78, 5) is 0. The Balaban J connectivity index is 1.69. The highest BCUT2D eigenvalue weighted by Crippen LogP contribution is 2.29. The Labute approximate surface area is 138 Å². The van der Waals surface area contributed by atoms with Gasteiger partial charge in [0, 0.05) is 11.8 Å². The number of ether oxygens (including phenoxy) is 3. The first-order valence-electron chi connectivity index (χ1n) is 7.86. The molecule has 0 fully saturated rings. The number of rotatable bonds is 8. The van der Waals surface area contributed by atoms with Crippen LogP contribution < -0.4 is 19.9 Å². The summed E-state index contributed by atoms with van der Waals surface area (Å²) in [7, 11) is 1.61. The maximum atomic E-state index is 5.76. The number of anilines is 1. The zero-order valence-corrected chi connectivity index (χ0v) is 14.1. The molecule has 0 aliphatic heterocycles. The number of benzene rings is 2. The fourth-order valence-electron chi connectivity index (χ4n) is 2.18. The van der Waals surface area contributed by atoms with Crippen molar-refractivity contribution in [3.05, 3.63) is 47.5 Å². The van der Waals surface area contributed by atoms with Gasteiger partial charge in [-0.2, -0.15) is 0 Å². The third-order valence-corrected chi connectivity index (χ3v) is 3.73. The molecule has 0 spiro atoms. The Morgan fingerprint density at radius 3 is 2.26 bits per heavy atom. The quantitative estimate of drug-likeness (QED) is 0.588. The van der Waals surface area contributed by atoms with Gasteiger partial charge < -0.3 is 19.9 Å². The van der Waals surface area contributed by atoms with Crippen molar-refractivity contribution in [1.82, 2.24) is 0 Å². The van der Waals surface area contributed by atoms with Crippen LogP contribution in [0.2, 0.25) is 0 Å². The number of hydrogen-bond donors (Lipinski definition) is 1. The van der Waals surface area contributed by atoms with E-state index in [4.69, 9.17) is 19.9 Å². The first kappa shape index (κ1) is 17.0. The zero-order valence-electron chi connectivity index (χ0n) is 14.1. The van der Waals surface area contributed by atoms with Crippen LogP contribution in [0.25, 0.3) is 0 Å². The van der Waals surface area contributed by atoms with Crippen LogP contribution >= 0.6 is 0 Å². The van der Waals surface area contributed by atoms with E-state index in [0.717, 1.165) is 24.3 Å². The van der Waals surface area contributed by atoms with E-state index >= 15 is 0 Å². The summed E-state index contributed by atoms with van der Waals surface area (Å²) in [6, 6.07) is 11.6. The summed E-state index contributed by atoms with van der Waals surface area (Å²) in [5, 5.41) is 0. The molecule has 0 atom stereocenters. The average Bonchev–Trinajstić information content (AvgIpc) is 2.55. The van der Waals surface area contributed by atoms with Crippen LogP contribution in [0.1, 0.15) is 24.0 Å². The summed E-state index contributed by atoms with van der Waals surface area (Å²) in [5.41, 5.74) is 8.92. The lowest BCUT2D eigenvalue weighted by Gasteiger charge is -2.11. The third kappa shape index (κ3) is 5.09. The molecule has 2 aromatic rings. The summed E-state index contributed by atoms with van der Waals surface area (Å²) in [6.07, 6.45) is 1.85. The molecule has 0 saturated carbocycles. The molecule has 2 rings (SSSR count). The Morgan fingerprint density at radius 2 is 1.57 bits per heavy atom. The number of hydrogen-bond acceptors (Lipinski definition) is 4. The average molecular weight is 315 g/mol. The van der Waals surface area contributed by atoms with Gasteiger partial charge in [-0.1, -0.05) is 6.07 Å². The predicted octanol–water partition coefficient (Wildman–Crippen LogP) is 4.13. The monoisotopic (exact) mass is 315 g/mol. The van der Waals surface area contributed by atoms with Crippen LogP contribution in [0.3, 0.4) is 0 Å². The second kappa shape index (κ2) is 8.32. The topological polar surface area (TPSA) is 53.7 Å². The van der Waals surface area contributed by atoms with Crippen LogP contribution in [0.4, 0.5) is 5.69 Å². The van der Waals surface area contributed by atoms with Crippen molar-refractivity contribution in [2.24, 2.45) is 0 Å². The second-order valence-electron chi connectivity index (χ2n) is 5.56. The highest BCUT2D eigenvalue weighted by Gasteiger charge is 2.04. The Kier molecular flexibility index (Phi) is 6.15. The highest BCUT2D eigenvalue weighted by atomic mass is 16.5. The molecule has 2 N–H and O–H groups in total. The summed E-state index contributed by atoms with van der Waals surface area (Å²) in [5.74, 6) is 2.31. The van der Waals surface area contributed by atoms with Gasteiger partial charge in [0.15, 0.2) is 11.5 Å². The van der Waals surface area contributed by atoms with Crippen molar-refractivity contribution >= 4 is 5.69 Å². The number of nitrogens with two attached hydrogens (primary N) is 1. The lowest BCUT2D eigenvalue weighted by Crippen LogP contribution is -2.03. The van der Waals surface area contributed by atoms with Crippen molar-refractivity contribution in [3.63, 3.8) is 0 Å². The van der Waals surface area contributed by atoms with Crippen molar-refractivity contribution < 1.29 is 14.2 Å². The van der Waals surface area contributed by atoms with Crippen LogP contribution in [0.5, 0.6) is 17.2 Å². The predicted molar refractivity (Wildman–Crippen MR) is 93.5 cm³/mol. The van der Waals surface area contributed by atoms with Gasteiger partial charge >= 0.3 is 0 Å². The fraction of sp³-hybridized carbons (Fsp3) is 0.368. The van der Waals surface area contributed by atoms with Gasteiger partial charge in [0.05, 0.1) is 20.3 Å². The minimum Gasteiger partial charge on any atom is -0.494 e. The summed E-state index contributed by atoms with van der Waals surface area (Å²) < 4.78 is 16.7. The smallest absolute Gasteiger partial charge is 0.162 e. The van der Waals surface area contributed by atoms with Crippen LogP contribution in [-0.4, -0.2) is 20.3 Å². The molecule has 4 nitrogen and oxygen atoms in total. The van der Waals surface area contributed by atoms with E-state index in [1.165, 1.54) is 11.1 Å². The second-order valence-corrected chi connectivity index (χ2v) is 5.56. The first-order valence-corrected chi connectivity index (χ1v) is 7.86. The molecule has 0 aliphatic rings. The molecular weight excluding hydrogens is 290 g/mol. The molecule has 0 amide bonds. The van der Waals surface area contributed by atoms with E-state index < -0.39 is 0 Å². The maximum absolute atomic E-state index is 5.76. The van der Waals surface area contributed by atoms with E-state index in [0.29, 0.717) is 24.7 Å². The number of unbranched alkanes of at least 4 members (excludes halogenated alkanes) is 1. The largest absolute Gasteiger partial charge is 0.494 e. The lowest BCUT2D eigenvalue weighted by molar-refractivity contribution is 0.258. The molecular formula is C19H25NO3. The van der Waals surface area contributed by atoms with Crippen LogP contribution in [-0.2, 0) is 0 Å². The Morgan fingerprint density at radius 1 is 0.826 bits per heavy atom. The van der Waals surface area contributed by atoms with Gasteiger partial charge in [0.2, 0.25) is 0 Å². The van der Waals surface area contributed by atoms with Gasteiger partial charge in [-0.15, -0.1) is 0 Å². The Bertz CT molecular complexity index is 641. The standard InChI is InChI=1S/C19H25NO3/c1-14-6-8-17(12-15(14)2)22-10-4-5-11-23-18-9-7-16(20)13-19(18)21-3/h6-9,12-13H,4-5,10-11,20H2,1-3H3. The van der Waals surface area contributed by atoms with Gasteiger partial charge in [-0.25, -0.2) is 0 Å². The van der Waals surface area contributed by atoms with Crippen molar-refractivity contribution in [3.8, 4) is 17.2 Å². The molecule has 0 bridgehead atoms. The van der Waals surface area contributed by atoms with E-state index in [-0.39, 0.29) is 0 Å². The molecule has 0 unspecified atom stereocenters. The minimum atomic E-state index is 0.622. The van der Waals surface area contributed by atoms with E-state index in [2.05, 4.69) is 26.0 Å². The minimum absolute atomic E-state index is 0.622. The third-order valence-electron chi connectivity index (χ3n) is 3.73. The normalized spacial score (nSPS) is 10.4.